The summed E-state index contributed by atoms with van der Waals surface area (Å²) in [6, 6.07) is 10.5. The van der Waals surface area contributed by atoms with Crippen LogP contribution in [0.5, 0.6) is 0 Å². The average molecular weight is 585 g/mol. The van der Waals surface area contributed by atoms with Crippen LogP contribution in [-0.4, -0.2) is 69.4 Å². The van der Waals surface area contributed by atoms with Gasteiger partial charge in [-0.15, -0.1) is 0 Å². The van der Waals surface area contributed by atoms with E-state index in [4.69, 9.17) is 4.74 Å². The second-order valence-corrected chi connectivity index (χ2v) is 12.0. The maximum absolute atomic E-state index is 14.2. The largest absolute Gasteiger partial charge is 0.466 e. The molecule has 0 spiro atoms. The lowest BCUT2D eigenvalue weighted by Gasteiger charge is -2.38. The van der Waals surface area contributed by atoms with E-state index < -0.39 is 12.1 Å². The Kier molecular flexibility index (Phi) is 8.21. The fourth-order valence-electron chi connectivity index (χ4n) is 6.69. The molecular formula is C33H40N6O4. The zero-order chi connectivity index (χ0) is 30.1. The van der Waals surface area contributed by atoms with Crippen LogP contribution in [0.25, 0.3) is 27.9 Å². The maximum Gasteiger partial charge on any atom is 0.330 e. The molecule has 1 amide bonds. The molecule has 2 fully saturated rings. The zero-order valence-corrected chi connectivity index (χ0v) is 25.1. The van der Waals surface area contributed by atoms with Crippen LogP contribution in [0.4, 0.5) is 11.4 Å². The molecule has 3 heterocycles. The topological polar surface area (TPSA) is 106 Å². The molecule has 43 heavy (non-hydrogen) atoms. The third-order valence-corrected chi connectivity index (χ3v) is 9.21. The van der Waals surface area contributed by atoms with Gasteiger partial charge < -0.3 is 19.6 Å². The van der Waals surface area contributed by atoms with E-state index in [9.17, 15) is 14.7 Å². The monoisotopic (exact) mass is 584 g/mol. The zero-order valence-electron chi connectivity index (χ0n) is 25.1. The molecular weight excluding hydrogens is 544 g/mol. The van der Waals surface area contributed by atoms with Gasteiger partial charge in [-0.05, 0) is 80.0 Å². The number of aromatic nitrogens is 4. The number of hydrogen-bond donors (Lipinski definition) is 1. The molecule has 0 bridgehead atoms. The maximum atomic E-state index is 14.2. The molecule has 2 aliphatic rings. The minimum absolute atomic E-state index is 0.0626. The molecule has 226 valence electrons. The molecule has 6 rings (SSSR count). The van der Waals surface area contributed by atoms with Gasteiger partial charge in [-0.25, -0.2) is 4.79 Å². The smallest absolute Gasteiger partial charge is 0.330 e. The van der Waals surface area contributed by atoms with E-state index in [1.54, 1.807) is 17.0 Å². The number of anilines is 2. The number of methoxy groups -OCH3 is 1. The number of hydrogen-bond acceptors (Lipinski definition) is 7. The van der Waals surface area contributed by atoms with Gasteiger partial charge in [0.1, 0.15) is 0 Å². The highest BCUT2D eigenvalue weighted by molar-refractivity contribution is 6.00. The molecule has 2 unspecified atom stereocenters. The predicted octanol–water partition coefficient (Wildman–Crippen LogP) is 4.45. The van der Waals surface area contributed by atoms with E-state index in [-0.39, 0.29) is 11.8 Å². The number of carbonyl (C=O) groups excluding carboxylic acids is 2. The van der Waals surface area contributed by atoms with E-state index >= 15 is 0 Å². The molecule has 1 saturated carbocycles. The highest BCUT2D eigenvalue weighted by Crippen LogP contribution is 2.34. The molecule has 2 atom stereocenters. The number of esters is 1. The van der Waals surface area contributed by atoms with Crippen molar-refractivity contribution in [3.63, 3.8) is 0 Å². The third kappa shape index (κ3) is 6.01. The van der Waals surface area contributed by atoms with Crippen molar-refractivity contribution in [1.29, 1.82) is 0 Å². The van der Waals surface area contributed by atoms with Gasteiger partial charge in [0.2, 0.25) is 5.91 Å². The van der Waals surface area contributed by atoms with Gasteiger partial charge in [0.15, 0.2) is 0 Å². The van der Waals surface area contributed by atoms with Crippen LogP contribution in [0.3, 0.4) is 0 Å². The van der Waals surface area contributed by atoms with Crippen molar-refractivity contribution in [2.24, 2.45) is 25.9 Å². The summed E-state index contributed by atoms with van der Waals surface area (Å²) in [7, 11) is 5.19. The lowest BCUT2D eigenvalue weighted by molar-refractivity contribution is -0.134. The second kappa shape index (κ2) is 12.2. The molecule has 2 aromatic heterocycles. The minimum atomic E-state index is -0.444. The Morgan fingerprint density at radius 2 is 1.79 bits per heavy atom. The van der Waals surface area contributed by atoms with Gasteiger partial charge in [-0.3, -0.25) is 14.2 Å². The Balaban J connectivity index is 1.27. The molecule has 0 radical (unpaired) electrons. The van der Waals surface area contributed by atoms with E-state index in [1.165, 1.54) is 18.9 Å². The number of nitrogens with zero attached hydrogens (tertiary/aromatic N) is 6. The van der Waals surface area contributed by atoms with Gasteiger partial charge in [0.25, 0.3) is 0 Å². The fraction of sp³-hybridized carbons (Fsp3) is 0.455. The van der Waals surface area contributed by atoms with Crippen molar-refractivity contribution < 1.29 is 19.4 Å². The van der Waals surface area contributed by atoms with Crippen LogP contribution in [0.1, 0.15) is 44.1 Å². The number of fused-ring (bicyclic) bond motifs is 2. The summed E-state index contributed by atoms with van der Waals surface area (Å²) in [6.45, 7) is 2.42. The normalized spacial score (nSPS) is 19.9. The number of aliphatic hydroxyl groups is 1. The summed E-state index contributed by atoms with van der Waals surface area (Å²) in [5.41, 5.74) is 4.78. The highest BCUT2D eigenvalue weighted by Gasteiger charge is 2.33. The van der Waals surface area contributed by atoms with Gasteiger partial charge in [0, 0.05) is 67.9 Å². The molecule has 1 aliphatic heterocycles. The van der Waals surface area contributed by atoms with Crippen molar-refractivity contribution >= 4 is 51.1 Å². The van der Waals surface area contributed by atoms with Crippen molar-refractivity contribution in [3.8, 4) is 0 Å². The third-order valence-electron chi connectivity index (χ3n) is 9.21. The molecule has 1 N–H and O–H groups in total. The Morgan fingerprint density at radius 3 is 2.56 bits per heavy atom. The first kappa shape index (κ1) is 28.9. The Labute approximate surface area is 251 Å². The summed E-state index contributed by atoms with van der Waals surface area (Å²) in [5, 5.41) is 21.3. The molecule has 4 aromatic rings. The summed E-state index contributed by atoms with van der Waals surface area (Å²) in [5.74, 6) is -0.271. The lowest BCUT2D eigenvalue weighted by Crippen LogP contribution is -2.44. The molecule has 10 nitrogen and oxygen atoms in total. The van der Waals surface area contributed by atoms with Crippen LogP contribution in [0.15, 0.2) is 48.8 Å². The van der Waals surface area contributed by atoms with Gasteiger partial charge in [-0.2, -0.15) is 10.2 Å². The first-order valence-electron chi connectivity index (χ1n) is 15.2. The number of carbonyl (C=O) groups is 2. The van der Waals surface area contributed by atoms with Crippen LogP contribution >= 0.6 is 0 Å². The number of benzene rings is 2. The van der Waals surface area contributed by atoms with E-state index in [0.29, 0.717) is 18.9 Å². The second-order valence-electron chi connectivity index (χ2n) is 12.0. The van der Waals surface area contributed by atoms with Crippen molar-refractivity contribution in [3.05, 3.63) is 54.4 Å². The van der Waals surface area contributed by atoms with E-state index in [2.05, 4.69) is 33.3 Å². The summed E-state index contributed by atoms with van der Waals surface area (Å²) in [6.07, 6.45) is 11.2. The Morgan fingerprint density at radius 1 is 1.02 bits per heavy atom. The molecule has 1 aliphatic carbocycles. The van der Waals surface area contributed by atoms with Crippen molar-refractivity contribution in [2.45, 2.75) is 44.6 Å². The fourth-order valence-corrected chi connectivity index (χ4v) is 6.69. The Hall–Kier alpha value is -4.18. The number of aliphatic hydroxyl groups excluding tert-OH is 1. The van der Waals surface area contributed by atoms with Gasteiger partial charge in [-0.1, -0.05) is 6.42 Å². The highest BCUT2D eigenvalue weighted by atomic mass is 16.5. The van der Waals surface area contributed by atoms with Crippen molar-refractivity contribution in [2.75, 3.05) is 36.5 Å². The SMILES string of the molecule is COC(=O)/C=C/c1cc(N(CC2CCN(c3ccc4c(cnn4C)c3)CC2)C(=O)C2CCCC(O)C2)cc2c1cnn2C. The summed E-state index contributed by atoms with van der Waals surface area (Å²) < 4.78 is 8.50. The van der Waals surface area contributed by atoms with Crippen LogP contribution < -0.4 is 9.80 Å². The van der Waals surface area contributed by atoms with Crippen molar-refractivity contribution in [1.82, 2.24) is 19.6 Å². The molecule has 2 aromatic carbocycles. The first-order valence-corrected chi connectivity index (χ1v) is 15.2. The average Bonchev–Trinajstić information content (AvgIpc) is 3.59. The summed E-state index contributed by atoms with van der Waals surface area (Å²) in [4.78, 5) is 30.5. The number of amides is 1. The Bertz CT molecular complexity index is 1660. The molecule has 1 saturated heterocycles. The molecule has 10 heteroatoms. The summed E-state index contributed by atoms with van der Waals surface area (Å²) >= 11 is 0. The van der Waals surface area contributed by atoms with Crippen LogP contribution in [-0.2, 0) is 28.4 Å². The van der Waals surface area contributed by atoms with Crippen LogP contribution in [0, 0.1) is 11.8 Å². The number of piperidine rings is 1. The quantitative estimate of drug-likeness (QED) is 0.253. The van der Waals surface area contributed by atoms with Gasteiger partial charge >= 0.3 is 5.97 Å². The number of ether oxygens (including phenoxy) is 1. The van der Waals surface area contributed by atoms with E-state index in [0.717, 1.165) is 78.3 Å². The first-order chi connectivity index (χ1) is 20.8. The standard InChI is InChI=1S/C33H40N6O4/c1-36-30-9-8-26(16-25(30)19-34-36)38-13-11-22(12-14-38)21-39(33(42)24-5-4-6-28(40)17-24)27-15-23(7-10-32(41)43-3)29-20-35-37(2)31(29)18-27/h7-10,15-16,18-20,22,24,28,40H,4-6,11-14,17,21H2,1-3H3/b10-7+. The van der Waals surface area contributed by atoms with Gasteiger partial charge in [0.05, 0.1) is 36.6 Å². The number of aryl methyl sites for hydroxylation is 2. The van der Waals surface area contributed by atoms with Crippen LogP contribution in [0.2, 0.25) is 0 Å². The number of rotatable bonds is 7. The minimum Gasteiger partial charge on any atom is -0.466 e. The predicted molar refractivity (Wildman–Crippen MR) is 168 cm³/mol. The lowest BCUT2D eigenvalue weighted by atomic mass is 9.85. The van der Waals surface area contributed by atoms with E-state index in [1.807, 2.05) is 42.0 Å².